The van der Waals surface area contributed by atoms with Crippen molar-refractivity contribution in [3.8, 4) is 5.75 Å². The van der Waals surface area contributed by atoms with E-state index in [2.05, 4.69) is 6.92 Å². The first-order valence-corrected chi connectivity index (χ1v) is 6.85. The molecule has 0 aliphatic heterocycles. The van der Waals surface area contributed by atoms with Gasteiger partial charge in [-0.3, -0.25) is 4.79 Å². The highest BCUT2D eigenvalue weighted by atomic mass is 35.5. The summed E-state index contributed by atoms with van der Waals surface area (Å²) in [6.45, 7) is 3.26. The van der Waals surface area contributed by atoms with E-state index in [0.717, 1.165) is 12.8 Å². The van der Waals surface area contributed by atoms with E-state index >= 15 is 0 Å². The predicted octanol–water partition coefficient (Wildman–Crippen LogP) is 3.53. The van der Waals surface area contributed by atoms with E-state index in [9.17, 15) is 9.90 Å². The average Bonchev–Trinajstić information content (AvgIpc) is 2.37. The molecule has 0 saturated carbocycles. The number of rotatable bonds is 6. The molecule has 0 aliphatic rings. The minimum absolute atomic E-state index is 0.0225. The second kappa shape index (κ2) is 7.49. The SMILES string of the molecule is CCCCN(CCCl)C(=O)c1ccc(O)c(Cl)c1. The Hall–Kier alpha value is -0.930. The third-order valence-electron chi connectivity index (χ3n) is 2.62. The fourth-order valence-electron chi connectivity index (χ4n) is 1.59. The number of hydrogen-bond acceptors (Lipinski definition) is 2. The Morgan fingerprint density at radius 1 is 1.39 bits per heavy atom. The van der Waals surface area contributed by atoms with E-state index < -0.39 is 0 Å². The summed E-state index contributed by atoms with van der Waals surface area (Å²) in [6.07, 6.45) is 1.96. The van der Waals surface area contributed by atoms with Crippen molar-refractivity contribution in [3.05, 3.63) is 28.8 Å². The first kappa shape index (κ1) is 15.1. The molecule has 0 aromatic heterocycles. The van der Waals surface area contributed by atoms with Gasteiger partial charge in [-0.15, -0.1) is 11.6 Å². The van der Waals surface area contributed by atoms with Gasteiger partial charge in [0.1, 0.15) is 5.75 Å². The third kappa shape index (κ3) is 4.07. The number of carbonyl (C=O) groups is 1. The normalized spacial score (nSPS) is 10.4. The molecule has 0 radical (unpaired) electrons. The van der Waals surface area contributed by atoms with Crippen LogP contribution in [0.25, 0.3) is 0 Å². The van der Waals surface area contributed by atoms with Gasteiger partial charge < -0.3 is 10.0 Å². The number of alkyl halides is 1. The van der Waals surface area contributed by atoms with Gasteiger partial charge in [-0.2, -0.15) is 0 Å². The lowest BCUT2D eigenvalue weighted by Gasteiger charge is -2.21. The van der Waals surface area contributed by atoms with Gasteiger partial charge in [0.15, 0.2) is 0 Å². The molecule has 0 unspecified atom stereocenters. The number of unbranched alkanes of at least 4 members (excludes halogenated alkanes) is 1. The van der Waals surface area contributed by atoms with Crippen LogP contribution >= 0.6 is 23.2 Å². The van der Waals surface area contributed by atoms with Crippen LogP contribution in [0.3, 0.4) is 0 Å². The number of phenolic OH excluding ortho intramolecular Hbond substituents is 1. The second-order valence-corrected chi connectivity index (χ2v) is 4.79. The molecule has 0 bridgehead atoms. The van der Waals surface area contributed by atoms with E-state index in [1.54, 1.807) is 11.0 Å². The molecule has 0 heterocycles. The number of amides is 1. The molecule has 1 amide bonds. The molecule has 0 saturated heterocycles. The standard InChI is InChI=1S/C13H17Cl2NO2/c1-2-3-7-16(8-6-14)13(18)10-4-5-12(17)11(15)9-10/h4-5,9,17H,2-3,6-8H2,1H3. The molecule has 0 aliphatic carbocycles. The maximum atomic E-state index is 12.2. The maximum absolute atomic E-state index is 12.2. The average molecular weight is 290 g/mol. The van der Waals surface area contributed by atoms with E-state index in [4.69, 9.17) is 23.2 Å². The lowest BCUT2D eigenvalue weighted by Crippen LogP contribution is -2.33. The molecule has 3 nitrogen and oxygen atoms in total. The Kier molecular flexibility index (Phi) is 6.30. The lowest BCUT2D eigenvalue weighted by molar-refractivity contribution is 0.0763. The van der Waals surface area contributed by atoms with Crippen LogP contribution in [0.5, 0.6) is 5.75 Å². The summed E-state index contributed by atoms with van der Waals surface area (Å²) < 4.78 is 0. The summed E-state index contributed by atoms with van der Waals surface area (Å²) in [7, 11) is 0. The summed E-state index contributed by atoms with van der Waals surface area (Å²) in [5, 5.41) is 9.51. The van der Waals surface area contributed by atoms with Crippen molar-refractivity contribution < 1.29 is 9.90 Å². The number of phenols is 1. The zero-order valence-electron chi connectivity index (χ0n) is 10.3. The summed E-state index contributed by atoms with van der Waals surface area (Å²) in [4.78, 5) is 13.9. The summed E-state index contributed by atoms with van der Waals surface area (Å²) in [6, 6.07) is 4.47. The topological polar surface area (TPSA) is 40.5 Å². The molecule has 5 heteroatoms. The maximum Gasteiger partial charge on any atom is 0.253 e. The summed E-state index contributed by atoms with van der Waals surface area (Å²) in [5.74, 6) is 0.276. The van der Waals surface area contributed by atoms with Gasteiger partial charge in [0.05, 0.1) is 5.02 Å². The van der Waals surface area contributed by atoms with Gasteiger partial charge in [0, 0.05) is 24.5 Å². The van der Waals surface area contributed by atoms with Gasteiger partial charge >= 0.3 is 0 Å². The van der Waals surface area contributed by atoms with Crippen LogP contribution in [-0.4, -0.2) is 34.9 Å². The highest BCUT2D eigenvalue weighted by Crippen LogP contribution is 2.24. The summed E-state index contributed by atoms with van der Waals surface area (Å²) in [5.41, 5.74) is 0.471. The third-order valence-corrected chi connectivity index (χ3v) is 3.09. The molecule has 1 N–H and O–H groups in total. The number of nitrogens with zero attached hydrogens (tertiary/aromatic N) is 1. The first-order valence-electron chi connectivity index (χ1n) is 5.94. The van der Waals surface area contributed by atoms with Crippen LogP contribution in [0.15, 0.2) is 18.2 Å². The van der Waals surface area contributed by atoms with Crippen molar-refractivity contribution >= 4 is 29.1 Å². The Labute approximate surface area is 117 Å². The first-order chi connectivity index (χ1) is 8.60. The van der Waals surface area contributed by atoms with E-state index in [1.165, 1.54) is 12.1 Å². The number of benzene rings is 1. The molecule has 1 aromatic carbocycles. The number of aromatic hydroxyl groups is 1. The van der Waals surface area contributed by atoms with Crippen LogP contribution in [0.4, 0.5) is 0 Å². The highest BCUT2D eigenvalue weighted by molar-refractivity contribution is 6.32. The zero-order chi connectivity index (χ0) is 13.5. The molecule has 18 heavy (non-hydrogen) atoms. The van der Waals surface area contributed by atoms with Gasteiger partial charge in [0.25, 0.3) is 5.91 Å². The van der Waals surface area contributed by atoms with Gasteiger partial charge in [-0.05, 0) is 24.6 Å². The molecular weight excluding hydrogens is 273 g/mol. The highest BCUT2D eigenvalue weighted by Gasteiger charge is 2.15. The second-order valence-electron chi connectivity index (χ2n) is 4.00. The van der Waals surface area contributed by atoms with E-state index in [0.29, 0.717) is 24.5 Å². The minimum Gasteiger partial charge on any atom is -0.506 e. The Morgan fingerprint density at radius 3 is 2.67 bits per heavy atom. The molecular formula is C13H17Cl2NO2. The van der Waals surface area contributed by atoms with Crippen molar-refractivity contribution in [2.24, 2.45) is 0 Å². The van der Waals surface area contributed by atoms with Crippen LogP contribution in [0.2, 0.25) is 5.02 Å². The molecule has 0 atom stereocenters. The van der Waals surface area contributed by atoms with Crippen molar-refractivity contribution in [1.29, 1.82) is 0 Å². The molecule has 1 rings (SSSR count). The van der Waals surface area contributed by atoms with Crippen LogP contribution in [0.1, 0.15) is 30.1 Å². The lowest BCUT2D eigenvalue weighted by atomic mass is 10.2. The van der Waals surface area contributed by atoms with E-state index in [-0.39, 0.29) is 16.7 Å². The minimum atomic E-state index is -0.106. The number of halogens is 2. The fourth-order valence-corrected chi connectivity index (χ4v) is 1.97. The van der Waals surface area contributed by atoms with Gasteiger partial charge in [-0.1, -0.05) is 24.9 Å². The Bertz CT molecular complexity index is 410. The van der Waals surface area contributed by atoms with Crippen LogP contribution < -0.4 is 0 Å². The molecule has 100 valence electrons. The molecule has 0 fully saturated rings. The van der Waals surface area contributed by atoms with Crippen molar-refractivity contribution in [2.75, 3.05) is 19.0 Å². The van der Waals surface area contributed by atoms with Crippen LogP contribution in [-0.2, 0) is 0 Å². The monoisotopic (exact) mass is 289 g/mol. The predicted molar refractivity (Wildman–Crippen MR) is 74.6 cm³/mol. The van der Waals surface area contributed by atoms with Gasteiger partial charge in [0.2, 0.25) is 0 Å². The zero-order valence-corrected chi connectivity index (χ0v) is 11.8. The Morgan fingerprint density at radius 2 is 2.11 bits per heavy atom. The fraction of sp³-hybridized carbons (Fsp3) is 0.462. The number of carbonyl (C=O) groups excluding carboxylic acids is 1. The van der Waals surface area contributed by atoms with Gasteiger partial charge in [-0.25, -0.2) is 0 Å². The summed E-state index contributed by atoms with van der Waals surface area (Å²) >= 11 is 11.5. The van der Waals surface area contributed by atoms with E-state index in [1.807, 2.05) is 0 Å². The Balaban J connectivity index is 2.83. The van der Waals surface area contributed by atoms with Crippen molar-refractivity contribution in [1.82, 2.24) is 4.90 Å². The van der Waals surface area contributed by atoms with Crippen molar-refractivity contribution in [3.63, 3.8) is 0 Å². The number of hydrogen-bond donors (Lipinski definition) is 1. The van der Waals surface area contributed by atoms with Crippen LogP contribution in [0, 0.1) is 0 Å². The molecule has 1 aromatic rings. The van der Waals surface area contributed by atoms with Crippen molar-refractivity contribution in [2.45, 2.75) is 19.8 Å². The quantitative estimate of drug-likeness (QED) is 0.814. The smallest absolute Gasteiger partial charge is 0.253 e. The largest absolute Gasteiger partial charge is 0.506 e. The molecule has 0 spiro atoms.